The van der Waals surface area contributed by atoms with Gasteiger partial charge in [0.2, 0.25) is 0 Å². The van der Waals surface area contributed by atoms with E-state index in [-0.39, 0.29) is 33.7 Å². The van der Waals surface area contributed by atoms with Gasteiger partial charge in [-0.2, -0.15) is 149 Å². The molecule has 6 rings (SSSR count). The number of nitrogens with one attached hydrogen (secondary N) is 3. The zero-order valence-electron chi connectivity index (χ0n) is 49.9. The van der Waals surface area contributed by atoms with Crippen LogP contribution in [0.5, 0.6) is 0 Å². The minimum Gasteiger partial charge on any atom is -0.453 e. The molecule has 3 fully saturated rings. The van der Waals surface area contributed by atoms with E-state index >= 15 is 0 Å². The third-order valence-corrected chi connectivity index (χ3v) is 15.7. The molecular formula is C48H42F34N6O15. The Morgan fingerprint density at radius 1 is 0.369 bits per heavy atom. The zero-order valence-corrected chi connectivity index (χ0v) is 49.9. The van der Waals surface area contributed by atoms with E-state index in [1.54, 1.807) is 0 Å². The SMILES string of the molecule is CC1[C@@H](CO)O[C@@H](n2ccc(=O)[nH]c2=O)[C@H]1C.CC1[C@@H](CO)O[C@@H](n2ccc(=O)[nH]c2=O)[C@H]1OC(=O)C(F)(F)C(F)(F)C(F)(F)C(F)(F)C(F)(F)C(F)(F)C(F)(F)C(F)(F)F.CC1[C@@H](CO)O[C@@H](n2ccc(=O)[nH]c2=O)[C@H]1OC(F)(F)C(F)(F)C(F)(F)C(F)(F)C(F)(F)C(F)(F)C(F)(F)C(F)(F)F. The number of H-pyrrole nitrogens is 3. The van der Waals surface area contributed by atoms with Gasteiger partial charge in [-0.25, -0.2) is 19.2 Å². The second-order valence-electron chi connectivity index (χ2n) is 22.2. The minimum atomic E-state index is -8.90. The van der Waals surface area contributed by atoms with Gasteiger partial charge >= 0.3 is 118 Å². The van der Waals surface area contributed by atoms with E-state index in [4.69, 9.17) is 19.3 Å². The smallest absolute Gasteiger partial charge is 0.453 e. The van der Waals surface area contributed by atoms with Gasteiger partial charge in [-0.15, -0.1) is 0 Å². The number of nitrogens with zero attached hydrogens (tertiary/aromatic N) is 3. The number of rotatable bonds is 22. The maximum atomic E-state index is 14.4. The Labute approximate surface area is 542 Å². The van der Waals surface area contributed by atoms with Crippen LogP contribution >= 0.6 is 0 Å². The van der Waals surface area contributed by atoms with Crippen molar-refractivity contribution in [3.63, 3.8) is 0 Å². The van der Waals surface area contributed by atoms with Gasteiger partial charge in [-0.1, -0.05) is 27.7 Å². The lowest BCUT2D eigenvalue weighted by Crippen LogP contribution is -2.75. The first-order valence-corrected chi connectivity index (χ1v) is 27.0. The van der Waals surface area contributed by atoms with Gasteiger partial charge in [0.1, 0.15) is 12.3 Å². The summed E-state index contributed by atoms with van der Waals surface area (Å²) in [6, 6.07) is 2.26. The van der Waals surface area contributed by atoms with Gasteiger partial charge in [0.05, 0.1) is 38.1 Å². The van der Waals surface area contributed by atoms with Crippen molar-refractivity contribution >= 4 is 5.97 Å². The van der Waals surface area contributed by atoms with Crippen molar-refractivity contribution in [2.45, 2.75) is 172 Å². The third-order valence-electron chi connectivity index (χ3n) is 15.7. The van der Waals surface area contributed by atoms with Crippen molar-refractivity contribution < 1.29 is 193 Å². The Morgan fingerprint density at radius 2 is 0.621 bits per heavy atom. The van der Waals surface area contributed by atoms with E-state index in [9.17, 15) is 193 Å². The number of hydrogen-bond acceptors (Lipinski definition) is 15. The van der Waals surface area contributed by atoms with E-state index in [2.05, 4.69) is 14.5 Å². The first-order chi connectivity index (χ1) is 45.9. The van der Waals surface area contributed by atoms with Crippen LogP contribution in [0.1, 0.15) is 46.4 Å². The van der Waals surface area contributed by atoms with Gasteiger partial charge in [-0.05, 0) is 5.92 Å². The molecular weight excluding hydrogens is 1550 g/mol. The number of aliphatic hydroxyl groups is 3. The molecule has 0 amide bonds. The minimum absolute atomic E-state index is 0.0487. The summed E-state index contributed by atoms with van der Waals surface area (Å²) in [4.78, 5) is 86.1. The molecule has 12 atom stereocenters. The van der Waals surface area contributed by atoms with Crippen LogP contribution < -0.4 is 33.7 Å². The van der Waals surface area contributed by atoms with E-state index in [0.29, 0.717) is 31.5 Å². The highest BCUT2D eigenvalue weighted by Crippen LogP contribution is 2.67. The average Bonchev–Trinajstić information content (AvgIpc) is 1.11. The predicted octanol–water partition coefficient (Wildman–Crippen LogP) is 8.10. The van der Waals surface area contributed by atoms with Crippen LogP contribution in [0.15, 0.2) is 65.6 Å². The molecule has 3 aromatic rings. The summed E-state index contributed by atoms with van der Waals surface area (Å²) in [5, 5.41) is 27.7. The first-order valence-electron chi connectivity index (χ1n) is 27.0. The van der Waals surface area contributed by atoms with Gasteiger partial charge in [0.15, 0.2) is 18.6 Å². The van der Waals surface area contributed by atoms with E-state index in [1.165, 1.54) is 26.8 Å². The zero-order chi connectivity index (χ0) is 80.7. The number of esters is 1. The largest absolute Gasteiger partial charge is 0.460 e. The molecule has 3 aromatic heterocycles. The molecule has 103 heavy (non-hydrogen) atoms. The number of aliphatic hydroxyl groups excluding tert-OH is 3. The Morgan fingerprint density at radius 3 is 0.913 bits per heavy atom. The van der Waals surface area contributed by atoms with Gasteiger partial charge in [0, 0.05) is 54.5 Å². The van der Waals surface area contributed by atoms with Gasteiger partial charge < -0.3 is 39.0 Å². The Hall–Kier alpha value is -7.15. The van der Waals surface area contributed by atoms with Crippen LogP contribution in [0.3, 0.4) is 0 Å². The highest BCUT2D eigenvalue weighted by atomic mass is 19.4. The fourth-order valence-corrected chi connectivity index (χ4v) is 9.22. The van der Waals surface area contributed by atoms with Crippen molar-refractivity contribution in [1.29, 1.82) is 0 Å². The molecule has 3 unspecified atom stereocenters. The number of aromatic nitrogens is 6. The summed E-state index contributed by atoms with van der Waals surface area (Å²) in [5.41, 5.74) is -6.34. The lowest BCUT2D eigenvalue weighted by atomic mass is 9.89. The van der Waals surface area contributed by atoms with Crippen molar-refractivity contribution in [3.05, 3.63) is 99.3 Å². The van der Waals surface area contributed by atoms with Crippen LogP contribution in [-0.4, -0.2) is 196 Å². The summed E-state index contributed by atoms with van der Waals surface area (Å²) in [7, 11) is 0. The molecule has 0 saturated carbocycles. The van der Waals surface area contributed by atoms with Crippen LogP contribution in [-0.2, 0) is 28.5 Å². The molecule has 3 aliphatic rings. The lowest BCUT2D eigenvalue weighted by Gasteiger charge is -2.43. The molecule has 21 nitrogen and oxygen atoms in total. The monoisotopic (exact) mass is 1590 g/mol. The highest BCUT2D eigenvalue weighted by molar-refractivity contribution is 5.79. The molecule has 0 aromatic carbocycles. The summed E-state index contributed by atoms with van der Waals surface area (Å²) in [5.74, 6) is -118. The van der Waals surface area contributed by atoms with Crippen molar-refractivity contribution in [2.75, 3.05) is 19.8 Å². The van der Waals surface area contributed by atoms with Crippen molar-refractivity contribution in [2.24, 2.45) is 23.7 Å². The molecule has 0 radical (unpaired) electrons. The molecule has 0 spiro atoms. The van der Waals surface area contributed by atoms with E-state index < -0.39 is 203 Å². The van der Waals surface area contributed by atoms with Crippen LogP contribution in [0.25, 0.3) is 0 Å². The quantitative estimate of drug-likeness (QED) is 0.0409. The number of ether oxygens (including phenoxy) is 5. The number of halogens is 34. The molecule has 6 heterocycles. The van der Waals surface area contributed by atoms with Crippen LogP contribution in [0.4, 0.5) is 149 Å². The molecule has 0 aliphatic carbocycles. The molecule has 55 heteroatoms. The normalized spacial score (nSPS) is 25.1. The Kier molecular flexibility index (Phi) is 24.2. The fraction of sp³-hybridized carbons (Fsp3) is 0.729. The summed E-state index contributed by atoms with van der Waals surface area (Å²) >= 11 is 0. The number of carbonyl (C=O) groups excluding carboxylic acids is 1. The van der Waals surface area contributed by atoms with Crippen LogP contribution in [0.2, 0.25) is 0 Å². The number of hydrogen-bond donors (Lipinski definition) is 6. The lowest BCUT2D eigenvalue weighted by molar-refractivity contribution is -0.481. The Balaban J connectivity index is 0.000000356. The fourth-order valence-electron chi connectivity index (χ4n) is 9.22. The summed E-state index contributed by atoms with van der Waals surface area (Å²) < 4.78 is 483. The molecule has 3 saturated heterocycles. The maximum Gasteiger partial charge on any atom is 0.460 e. The second kappa shape index (κ2) is 28.3. The average molecular weight is 1590 g/mol. The topological polar surface area (TPSA) is 288 Å². The molecule has 0 bridgehead atoms. The van der Waals surface area contributed by atoms with Gasteiger partial charge in [0.25, 0.3) is 16.7 Å². The summed E-state index contributed by atoms with van der Waals surface area (Å²) in [6.07, 6.45) is -35.3. The second-order valence-corrected chi connectivity index (χ2v) is 22.2. The predicted molar refractivity (Wildman–Crippen MR) is 260 cm³/mol. The van der Waals surface area contributed by atoms with Crippen molar-refractivity contribution in [1.82, 2.24) is 28.7 Å². The van der Waals surface area contributed by atoms with E-state index in [0.717, 1.165) is 6.92 Å². The maximum absolute atomic E-state index is 14.4. The van der Waals surface area contributed by atoms with E-state index in [1.807, 2.05) is 13.8 Å². The standard InChI is InChI=1S/C19H13F17N2O6.C18H13F17N2O5.C11H16N2O4/c1-5-6(4-39)43-9(38-3-2-7(40)37-11(38)42)8(5)44-10(41)12(20,21)13(22,23)14(24,25)15(26,27)16(28,29)17(30,31)18(32,33)19(34,35)36;1-5-6(4-38)41-9(37-3-2-7(39)36-10(37)40)8(5)42-18(34,35)16(29,30)14(25,26)12(21,22)11(19,20)13(23,24)15(27,28)17(31,32)33;1-6-7(2)10(17-8(6)5-14)13-4-3-9(15)12-11(13)16/h2-3,5-6,8-9,39H,4H2,1H3,(H,37,40,42);2-3,5-6,8-9,38H,4H2,1H3,(H,36,39,40);3-4,6-8,10,14H,5H2,1-2H3,(H,12,15,16)/t2*5?,6-,8+,9-;6?,7-,8+,10+/m110/s1. The number of carbonyl (C=O) groups is 1. The first kappa shape index (κ1) is 88.2. The molecule has 592 valence electrons. The van der Waals surface area contributed by atoms with Gasteiger partial charge in [-0.3, -0.25) is 43.0 Å². The van der Waals surface area contributed by atoms with Crippen LogP contribution in [0, 0.1) is 23.7 Å². The third kappa shape index (κ3) is 14.3. The number of alkyl halides is 34. The molecule has 3 aliphatic heterocycles. The number of aromatic amines is 3. The summed E-state index contributed by atoms with van der Waals surface area (Å²) in [6.45, 7) is 2.94. The van der Waals surface area contributed by atoms with Crippen molar-refractivity contribution in [3.8, 4) is 0 Å². The Bertz CT molecular complexity index is 3870. The highest BCUT2D eigenvalue weighted by Gasteiger charge is 2.98. The molecule has 6 N–H and O–H groups in total.